The van der Waals surface area contributed by atoms with Crippen molar-refractivity contribution in [1.29, 1.82) is 0 Å². The molecule has 0 spiro atoms. The van der Waals surface area contributed by atoms with E-state index in [0.717, 1.165) is 32.0 Å². The highest BCUT2D eigenvalue weighted by molar-refractivity contribution is 5.76. The number of rotatable bonds is 4. The fraction of sp³-hybridized carbons (Fsp3) is 0.533. The van der Waals surface area contributed by atoms with Gasteiger partial charge in [-0.2, -0.15) is 0 Å². The van der Waals surface area contributed by atoms with Crippen molar-refractivity contribution in [3.05, 3.63) is 35.4 Å². The SMILES string of the molecule is CC(NC(=O)CC1CCNCC1)c1ccc(F)cc1F. The monoisotopic (exact) mass is 282 g/mol. The van der Waals surface area contributed by atoms with Crippen molar-refractivity contribution in [2.24, 2.45) is 5.92 Å². The fourth-order valence-corrected chi connectivity index (χ4v) is 2.58. The number of halogens is 2. The molecule has 110 valence electrons. The number of amides is 1. The van der Waals surface area contributed by atoms with E-state index in [1.165, 1.54) is 12.1 Å². The van der Waals surface area contributed by atoms with Gasteiger partial charge in [0.15, 0.2) is 0 Å². The van der Waals surface area contributed by atoms with Crippen LogP contribution in [0.15, 0.2) is 18.2 Å². The number of hydrogen-bond donors (Lipinski definition) is 2. The zero-order valence-corrected chi connectivity index (χ0v) is 11.6. The van der Waals surface area contributed by atoms with Gasteiger partial charge < -0.3 is 10.6 Å². The first-order chi connectivity index (χ1) is 9.56. The Balaban J connectivity index is 1.89. The van der Waals surface area contributed by atoms with Gasteiger partial charge in [0.05, 0.1) is 6.04 Å². The van der Waals surface area contributed by atoms with E-state index in [1.807, 2.05) is 0 Å². The number of benzene rings is 1. The molecular formula is C15H20F2N2O. The molecule has 1 aliphatic heterocycles. The maximum Gasteiger partial charge on any atom is 0.220 e. The maximum absolute atomic E-state index is 13.6. The molecule has 0 saturated carbocycles. The lowest BCUT2D eigenvalue weighted by Gasteiger charge is -2.23. The summed E-state index contributed by atoms with van der Waals surface area (Å²) in [6.45, 7) is 3.59. The normalized spacial score (nSPS) is 17.8. The third-order valence-corrected chi connectivity index (χ3v) is 3.74. The molecule has 1 atom stereocenters. The molecule has 1 aromatic rings. The molecule has 1 fully saturated rings. The Morgan fingerprint density at radius 2 is 2.10 bits per heavy atom. The zero-order chi connectivity index (χ0) is 14.5. The van der Waals surface area contributed by atoms with Crippen molar-refractivity contribution < 1.29 is 13.6 Å². The molecule has 2 N–H and O–H groups in total. The van der Waals surface area contributed by atoms with Crippen molar-refractivity contribution >= 4 is 5.91 Å². The molecule has 0 bridgehead atoms. The second-order valence-electron chi connectivity index (χ2n) is 5.35. The Kier molecular flexibility index (Phi) is 5.06. The van der Waals surface area contributed by atoms with E-state index in [1.54, 1.807) is 6.92 Å². The standard InChI is InChI=1S/C15H20F2N2O/c1-10(13-3-2-12(16)9-14(13)17)19-15(20)8-11-4-6-18-7-5-11/h2-3,9-11,18H,4-8H2,1H3,(H,19,20). The number of carbonyl (C=O) groups is 1. The summed E-state index contributed by atoms with van der Waals surface area (Å²) >= 11 is 0. The van der Waals surface area contributed by atoms with Gasteiger partial charge in [0.25, 0.3) is 0 Å². The van der Waals surface area contributed by atoms with Gasteiger partial charge in [-0.15, -0.1) is 0 Å². The zero-order valence-electron chi connectivity index (χ0n) is 11.6. The minimum absolute atomic E-state index is 0.0758. The van der Waals surface area contributed by atoms with Crippen LogP contribution in [-0.4, -0.2) is 19.0 Å². The first-order valence-electron chi connectivity index (χ1n) is 7.01. The molecule has 2 rings (SSSR count). The maximum atomic E-state index is 13.6. The van der Waals surface area contributed by atoms with Crippen LogP contribution in [0.3, 0.4) is 0 Å². The van der Waals surface area contributed by atoms with Gasteiger partial charge in [-0.25, -0.2) is 8.78 Å². The van der Waals surface area contributed by atoms with E-state index < -0.39 is 17.7 Å². The number of piperidine rings is 1. The molecule has 5 heteroatoms. The molecule has 0 radical (unpaired) electrons. The van der Waals surface area contributed by atoms with E-state index in [9.17, 15) is 13.6 Å². The van der Waals surface area contributed by atoms with E-state index in [4.69, 9.17) is 0 Å². The highest BCUT2D eigenvalue weighted by atomic mass is 19.1. The van der Waals surface area contributed by atoms with Crippen LogP contribution < -0.4 is 10.6 Å². The van der Waals surface area contributed by atoms with Crippen LogP contribution in [0.5, 0.6) is 0 Å². The summed E-state index contributed by atoms with van der Waals surface area (Å²) < 4.78 is 26.5. The summed E-state index contributed by atoms with van der Waals surface area (Å²) in [6.07, 6.45) is 2.45. The van der Waals surface area contributed by atoms with Crippen LogP contribution in [0, 0.1) is 17.6 Å². The van der Waals surface area contributed by atoms with Gasteiger partial charge in [-0.05, 0) is 44.8 Å². The lowest BCUT2D eigenvalue weighted by atomic mass is 9.94. The third-order valence-electron chi connectivity index (χ3n) is 3.74. The lowest BCUT2D eigenvalue weighted by molar-refractivity contribution is -0.122. The smallest absolute Gasteiger partial charge is 0.220 e. The third kappa shape index (κ3) is 4.00. The Morgan fingerprint density at radius 1 is 1.40 bits per heavy atom. The summed E-state index contributed by atoms with van der Waals surface area (Å²) in [5.41, 5.74) is 0.310. The molecule has 1 amide bonds. The van der Waals surface area contributed by atoms with E-state index in [0.29, 0.717) is 17.9 Å². The number of hydrogen-bond acceptors (Lipinski definition) is 2. The summed E-state index contributed by atoms with van der Waals surface area (Å²) in [4.78, 5) is 11.9. The van der Waals surface area contributed by atoms with Crippen LogP contribution in [0.1, 0.15) is 37.8 Å². The summed E-state index contributed by atoms with van der Waals surface area (Å²) in [5.74, 6) is -0.922. The molecule has 1 aliphatic rings. The van der Waals surface area contributed by atoms with Gasteiger partial charge in [-0.1, -0.05) is 6.07 Å². The minimum Gasteiger partial charge on any atom is -0.349 e. The average Bonchev–Trinajstić information content (AvgIpc) is 2.39. The molecule has 1 saturated heterocycles. The van der Waals surface area contributed by atoms with Gasteiger partial charge in [0.2, 0.25) is 5.91 Å². The van der Waals surface area contributed by atoms with Crippen molar-refractivity contribution in [1.82, 2.24) is 10.6 Å². The van der Waals surface area contributed by atoms with Crippen LogP contribution in [0.2, 0.25) is 0 Å². The van der Waals surface area contributed by atoms with Crippen LogP contribution in [0.4, 0.5) is 8.78 Å². The van der Waals surface area contributed by atoms with Gasteiger partial charge in [0.1, 0.15) is 11.6 Å². The topological polar surface area (TPSA) is 41.1 Å². The van der Waals surface area contributed by atoms with E-state index in [-0.39, 0.29) is 5.91 Å². The molecule has 20 heavy (non-hydrogen) atoms. The average molecular weight is 282 g/mol. The molecular weight excluding hydrogens is 262 g/mol. The van der Waals surface area contributed by atoms with Crippen molar-refractivity contribution in [3.63, 3.8) is 0 Å². The van der Waals surface area contributed by atoms with Gasteiger partial charge in [-0.3, -0.25) is 4.79 Å². The quantitative estimate of drug-likeness (QED) is 0.891. The Morgan fingerprint density at radius 3 is 2.75 bits per heavy atom. The minimum atomic E-state index is -0.625. The Labute approximate surface area is 117 Å². The first kappa shape index (κ1) is 14.9. The summed E-state index contributed by atoms with van der Waals surface area (Å²) in [6, 6.07) is 2.96. The molecule has 0 aliphatic carbocycles. The van der Waals surface area contributed by atoms with Crippen LogP contribution >= 0.6 is 0 Å². The fourth-order valence-electron chi connectivity index (χ4n) is 2.58. The van der Waals surface area contributed by atoms with Crippen molar-refractivity contribution in [2.45, 2.75) is 32.2 Å². The van der Waals surface area contributed by atoms with E-state index >= 15 is 0 Å². The number of nitrogens with one attached hydrogen (secondary N) is 2. The highest BCUT2D eigenvalue weighted by Crippen LogP contribution is 2.20. The largest absolute Gasteiger partial charge is 0.349 e. The number of carbonyl (C=O) groups excluding carboxylic acids is 1. The van der Waals surface area contributed by atoms with Gasteiger partial charge in [0, 0.05) is 18.1 Å². The molecule has 1 aromatic carbocycles. The van der Waals surface area contributed by atoms with Crippen LogP contribution in [-0.2, 0) is 4.79 Å². The van der Waals surface area contributed by atoms with Crippen molar-refractivity contribution in [2.75, 3.05) is 13.1 Å². The molecule has 1 heterocycles. The first-order valence-corrected chi connectivity index (χ1v) is 7.01. The Hall–Kier alpha value is -1.49. The predicted molar refractivity (Wildman–Crippen MR) is 73.1 cm³/mol. The van der Waals surface area contributed by atoms with Crippen LogP contribution in [0.25, 0.3) is 0 Å². The Bertz CT molecular complexity index is 473. The molecule has 1 unspecified atom stereocenters. The van der Waals surface area contributed by atoms with Crippen molar-refractivity contribution in [3.8, 4) is 0 Å². The second kappa shape index (κ2) is 6.79. The molecule has 3 nitrogen and oxygen atoms in total. The predicted octanol–water partition coefficient (Wildman–Crippen LogP) is 2.53. The second-order valence-corrected chi connectivity index (χ2v) is 5.35. The van der Waals surface area contributed by atoms with E-state index in [2.05, 4.69) is 10.6 Å². The van der Waals surface area contributed by atoms with Gasteiger partial charge >= 0.3 is 0 Å². The summed E-state index contributed by atoms with van der Waals surface area (Å²) in [5, 5.41) is 6.03. The summed E-state index contributed by atoms with van der Waals surface area (Å²) in [7, 11) is 0. The lowest BCUT2D eigenvalue weighted by Crippen LogP contribution is -2.33. The molecule has 0 aromatic heterocycles. The highest BCUT2D eigenvalue weighted by Gasteiger charge is 2.19.